The number of rotatable bonds is 2. The Morgan fingerprint density at radius 1 is 1.43 bits per heavy atom. The van der Waals surface area contributed by atoms with E-state index >= 15 is 0 Å². The van der Waals surface area contributed by atoms with Crippen molar-refractivity contribution >= 4 is 22.7 Å². The van der Waals surface area contributed by atoms with E-state index in [0.717, 1.165) is 29.8 Å². The van der Waals surface area contributed by atoms with Crippen molar-refractivity contribution in [2.45, 2.75) is 31.7 Å². The second-order valence-electron chi connectivity index (χ2n) is 5.91. The lowest BCUT2D eigenvalue weighted by Crippen LogP contribution is -2.41. The number of carbonyl (C=O) groups is 1. The summed E-state index contributed by atoms with van der Waals surface area (Å²) >= 11 is 1.21. The molecule has 2 aromatic rings. The van der Waals surface area contributed by atoms with E-state index < -0.39 is 0 Å². The van der Waals surface area contributed by atoms with Crippen molar-refractivity contribution in [3.63, 3.8) is 0 Å². The van der Waals surface area contributed by atoms with Crippen LogP contribution in [-0.2, 0) is 20.0 Å². The van der Waals surface area contributed by atoms with Crippen LogP contribution in [0.25, 0.3) is 0 Å². The molecule has 4 rings (SSSR count). The molecule has 23 heavy (non-hydrogen) atoms. The molecule has 1 fully saturated rings. The summed E-state index contributed by atoms with van der Waals surface area (Å²) in [6.07, 6.45) is 4.47. The topological polar surface area (TPSA) is 93.0 Å². The van der Waals surface area contributed by atoms with E-state index in [0.29, 0.717) is 30.6 Å². The second-order valence-corrected chi connectivity index (χ2v) is 6.66. The van der Waals surface area contributed by atoms with E-state index in [1.807, 2.05) is 0 Å². The summed E-state index contributed by atoms with van der Waals surface area (Å²) in [5.41, 5.74) is 1.48. The molecule has 1 aliphatic carbocycles. The van der Waals surface area contributed by atoms with Gasteiger partial charge in [-0.25, -0.2) is 14.5 Å². The van der Waals surface area contributed by atoms with Crippen molar-refractivity contribution in [3.05, 3.63) is 33.5 Å². The summed E-state index contributed by atoms with van der Waals surface area (Å²) in [5, 5.41) is 7.36. The van der Waals surface area contributed by atoms with Crippen molar-refractivity contribution in [1.82, 2.24) is 24.0 Å². The van der Waals surface area contributed by atoms with Crippen LogP contribution in [0.5, 0.6) is 0 Å². The zero-order valence-corrected chi connectivity index (χ0v) is 13.5. The standard InChI is InChI=1S/C14H16N6O2S/c1-19-12(21)10-4-5-20(7-9(10)6-15-19)14(22)17-13-16-11(18-23-13)8-2-3-8/h6,8H,2-5,7H2,1H3,(H,16,17,18,22). The highest BCUT2D eigenvalue weighted by atomic mass is 32.1. The average Bonchev–Trinajstić information content (AvgIpc) is 3.31. The molecular formula is C14H16N6O2S. The smallest absolute Gasteiger partial charge is 0.320 e. The van der Waals surface area contributed by atoms with Crippen LogP contribution in [0.2, 0.25) is 0 Å². The fourth-order valence-corrected chi connectivity index (χ4v) is 3.33. The highest BCUT2D eigenvalue weighted by Crippen LogP contribution is 2.39. The molecule has 0 saturated heterocycles. The SMILES string of the molecule is Cn1ncc2c(c1=O)CCN(C(=O)Nc1nc(C3CC3)ns1)C2. The Hall–Kier alpha value is -2.29. The first-order valence-electron chi connectivity index (χ1n) is 7.55. The molecule has 3 heterocycles. The van der Waals surface area contributed by atoms with Crippen LogP contribution in [0, 0.1) is 0 Å². The lowest BCUT2D eigenvalue weighted by atomic mass is 10.0. The third kappa shape index (κ3) is 2.72. The van der Waals surface area contributed by atoms with Gasteiger partial charge in [-0.05, 0) is 19.3 Å². The molecule has 0 atom stereocenters. The van der Waals surface area contributed by atoms with Gasteiger partial charge in [0.1, 0.15) is 5.82 Å². The fourth-order valence-electron chi connectivity index (χ4n) is 2.69. The predicted molar refractivity (Wildman–Crippen MR) is 84.5 cm³/mol. The Kier molecular flexibility index (Phi) is 3.37. The van der Waals surface area contributed by atoms with Gasteiger partial charge in [-0.2, -0.15) is 9.47 Å². The summed E-state index contributed by atoms with van der Waals surface area (Å²) in [5.74, 6) is 1.31. The van der Waals surface area contributed by atoms with Crippen molar-refractivity contribution < 1.29 is 4.79 Å². The molecule has 0 radical (unpaired) electrons. The van der Waals surface area contributed by atoms with Gasteiger partial charge < -0.3 is 4.90 Å². The first kappa shape index (κ1) is 14.3. The van der Waals surface area contributed by atoms with E-state index in [9.17, 15) is 9.59 Å². The van der Waals surface area contributed by atoms with Crippen molar-refractivity contribution in [3.8, 4) is 0 Å². The number of hydrogen-bond acceptors (Lipinski definition) is 6. The number of nitrogens with one attached hydrogen (secondary N) is 1. The van der Waals surface area contributed by atoms with Crippen LogP contribution in [0.3, 0.4) is 0 Å². The maximum absolute atomic E-state index is 12.4. The minimum atomic E-state index is -0.213. The number of urea groups is 1. The van der Waals surface area contributed by atoms with Gasteiger partial charge in [0.2, 0.25) is 5.13 Å². The van der Waals surface area contributed by atoms with Crippen LogP contribution in [-0.4, -0.2) is 36.6 Å². The summed E-state index contributed by atoms with van der Waals surface area (Å²) in [7, 11) is 1.63. The van der Waals surface area contributed by atoms with E-state index in [4.69, 9.17) is 0 Å². The molecule has 1 aliphatic heterocycles. The van der Waals surface area contributed by atoms with Crippen LogP contribution >= 0.6 is 11.5 Å². The van der Waals surface area contributed by atoms with Crippen LogP contribution in [0.15, 0.2) is 11.0 Å². The quantitative estimate of drug-likeness (QED) is 0.889. The molecule has 0 bridgehead atoms. The molecule has 120 valence electrons. The first-order valence-corrected chi connectivity index (χ1v) is 8.33. The van der Waals surface area contributed by atoms with Gasteiger partial charge in [-0.1, -0.05) is 0 Å². The lowest BCUT2D eigenvalue weighted by Gasteiger charge is -2.27. The predicted octanol–water partition coefficient (Wildman–Crippen LogP) is 1.10. The van der Waals surface area contributed by atoms with Gasteiger partial charge in [0.15, 0.2) is 0 Å². The van der Waals surface area contributed by atoms with Crippen molar-refractivity contribution in [2.75, 3.05) is 11.9 Å². The fraction of sp³-hybridized carbons (Fsp3) is 0.500. The molecular weight excluding hydrogens is 316 g/mol. The summed E-state index contributed by atoms with van der Waals surface area (Å²) in [4.78, 5) is 30.4. The minimum absolute atomic E-state index is 0.0826. The molecule has 8 nitrogen and oxygen atoms in total. The monoisotopic (exact) mass is 332 g/mol. The molecule has 0 spiro atoms. The number of aromatic nitrogens is 4. The molecule has 2 aromatic heterocycles. The van der Waals surface area contributed by atoms with Crippen LogP contribution in [0.4, 0.5) is 9.93 Å². The van der Waals surface area contributed by atoms with E-state index in [2.05, 4.69) is 19.8 Å². The van der Waals surface area contributed by atoms with Crippen molar-refractivity contribution in [2.24, 2.45) is 7.05 Å². The number of carbonyl (C=O) groups excluding carboxylic acids is 1. The maximum Gasteiger partial charge on any atom is 0.323 e. The normalized spacial score (nSPS) is 17.0. The van der Waals surface area contributed by atoms with Gasteiger partial charge in [0.25, 0.3) is 5.56 Å². The van der Waals surface area contributed by atoms with Crippen LogP contribution < -0.4 is 10.9 Å². The molecule has 9 heteroatoms. The number of anilines is 1. The molecule has 0 unspecified atom stereocenters. The Morgan fingerprint density at radius 2 is 2.26 bits per heavy atom. The third-order valence-electron chi connectivity index (χ3n) is 4.20. The largest absolute Gasteiger partial charge is 0.323 e. The van der Waals surface area contributed by atoms with Crippen LogP contribution in [0.1, 0.15) is 35.7 Å². The van der Waals surface area contributed by atoms with Gasteiger partial charge in [0.05, 0.1) is 6.20 Å². The van der Waals surface area contributed by atoms with Gasteiger partial charge in [-0.3, -0.25) is 10.1 Å². The molecule has 0 aromatic carbocycles. The Balaban J connectivity index is 1.46. The maximum atomic E-state index is 12.4. The second kappa shape index (κ2) is 5.41. The highest BCUT2D eigenvalue weighted by Gasteiger charge is 2.29. The van der Waals surface area contributed by atoms with Gasteiger partial charge in [-0.15, -0.1) is 0 Å². The summed E-state index contributed by atoms with van der Waals surface area (Å²) in [6, 6.07) is -0.213. The minimum Gasteiger partial charge on any atom is -0.320 e. The number of fused-ring (bicyclic) bond motifs is 1. The molecule has 1 N–H and O–H groups in total. The van der Waals surface area contributed by atoms with E-state index in [1.165, 1.54) is 16.2 Å². The number of aryl methyl sites for hydroxylation is 1. The Bertz CT molecular complexity index is 825. The van der Waals surface area contributed by atoms with E-state index in [1.54, 1.807) is 18.1 Å². The first-order chi connectivity index (χ1) is 11.1. The lowest BCUT2D eigenvalue weighted by molar-refractivity contribution is 0.206. The zero-order chi connectivity index (χ0) is 16.0. The Morgan fingerprint density at radius 3 is 3.04 bits per heavy atom. The number of hydrogen-bond donors (Lipinski definition) is 1. The summed E-state index contributed by atoms with van der Waals surface area (Å²) in [6.45, 7) is 0.894. The molecule has 1 saturated carbocycles. The highest BCUT2D eigenvalue weighted by molar-refractivity contribution is 7.09. The molecule has 2 aliphatic rings. The average molecular weight is 332 g/mol. The number of amides is 2. The van der Waals surface area contributed by atoms with Crippen molar-refractivity contribution in [1.29, 1.82) is 0 Å². The number of nitrogens with zero attached hydrogens (tertiary/aromatic N) is 5. The zero-order valence-electron chi connectivity index (χ0n) is 12.7. The van der Waals surface area contributed by atoms with Gasteiger partial charge in [0, 0.05) is 48.7 Å². The van der Waals surface area contributed by atoms with Gasteiger partial charge >= 0.3 is 6.03 Å². The van der Waals surface area contributed by atoms with E-state index in [-0.39, 0.29) is 11.6 Å². The summed E-state index contributed by atoms with van der Waals surface area (Å²) < 4.78 is 5.61. The molecule has 2 amide bonds. The Labute approximate surface area is 136 Å². The third-order valence-corrected chi connectivity index (χ3v) is 4.85.